The molecule has 0 bridgehead atoms. The zero-order chi connectivity index (χ0) is 19.0. The molecular weight excluding hydrogens is 346 g/mol. The van der Waals surface area contributed by atoms with Crippen LogP contribution in [0.15, 0.2) is 28.9 Å². The maximum Gasteiger partial charge on any atom is 0.255 e. The fourth-order valence-corrected chi connectivity index (χ4v) is 4.18. The average Bonchev–Trinajstić information content (AvgIpc) is 3.35. The monoisotopic (exact) mass is 371 g/mol. The van der Waals surface area contributed by atoms with E-state index in [1.165, 1.54) is 12.3 Å². The molecule has 2 N–H and O–H groups in total. The molecule has 4 rings (SSSR count). The van der Waals surface area contributed by atoms with Crippen LogP contribution < -0.4 is 5.32 Å². The van der Waals surface area contributed by atoms with E-state index in [1.54, 1.807) is 12.1 Å². The number of nitrogens with one attached hydrogen (secondary N) is 1. The van der Waals surface area contributed by atoms with E-state index in [4.69, 9.17) is 4.42 Å². The molecule has 3 heterocycles. The van der Waals surface area contributed by atoms with Gasteiger partial charge in [0.1, 0.15) is 17.6 Å². The molecule has 2 aromatic rings. The normalized spacial score (nSPS) is 23.2. The van der Waals surface area contributed by atoms with Crippen LogP contribution in [-0.4, -0.2) is 65.0 Å². The first kappa shape index (κ1) is 17.9. The summed E-state index contributed by atoms with van der Waals surface area (Å²) in [6, 6.07) is 5.25. The number of furan rings is 1. The van der Waals surface area contributed by atoms with Crippen LogP contribution in [0.25, 0.3) is 11.0 Å². The van der Waals surface area contributed by atoms with Crippen molar-refractivity contribution in [2.24, 2.45) is 0 Å². The number of phenolic OH excluding ortho intramolecular Hbond substituents is 1. The highest BCUT2D eigenvalue weighted by Gasteiger charge is 2.30. The summed E-state index contributed by atoms with van der Waals surface area (Å²) >= 11 is 0. The molecule has 2 atom stereocenters. The number of hydrogen-bond acceptors (Lipinski definition) is 5. The predicted octanol–water partition coefficient (Wildman–Crippen LogP) is 1.95. The first-order valence-electron chi connectivity index (χ1n) is 9.55. The fourth-order valence-electron chi connectivity index (χ4n) is 4.18. The van der Waals surface area contributed by atoms with Crippen molar-refractivity contribution in [3.63, 3.8) is 0 Å². The van der Waals surface area contributed by atoms with Gasteiger partial charge in [0, 0.05) is 31.7 Å². The number of fused-ring (bicyclic) bond motifs is 1. The van der Waals surface area contributed by atoms with Crippen LogP contribution in [0, 0.1) is 0 Å². The van der Waals surface area contributed by atoms with Crippen molar-refractivity contribution in [1.82, 2.24) is 15.1 Å². The first-order valence-corrected chi connectivity index (χ1v) is 9.55. The number of benzene rings is 1. The quantitative estimate of drug-likeness (QED) is 0.858. The molecule has 2 amide bonds. The summed E-state index contributed by atoms with van der Waals surface area (Å²) in [6.07, 6.45) is 4.34. The lowest BCUT2D eigenvalue weighted by Gasteiger charge is -2.24. The second kappa shape index (κ2) is 7.23. The molecule has 0 aliphatic carbocycles. The molecule has 7 heteroatoms. The molecule has 0 spiro atoms. The number of phenols is 1. The number of hydrogen-bond donors (Lipinski definition) is 2. The van der Waals surface area contributed by atoms with Gasteiger partial charge in [-0.2, -0.15) is 0 Å². The molecule has 2 saturated heterocycles. The lowest BCUT2D eigenvalue weighted by atomic mass is 10.1. The largest absolute Gasteiger partial charge is 0.507 e. The Morgan fingerprint density at radius 3 is 2.93 bits per heavy atom. The Balaban J connectivity index is 1.35. The molecule has 7 nitrogen and oxygen atoms in total. The van der Waals surface area contributed by atoms with Crippen molar-refractivity contribution in [3.05, 3.63) is 30.0 Å². The Bertz CT molecular complexity index is 862. The van der Waals surface area contributed by atoms with Gasteiger partial charge in [0.2, 0.25) is 5.91 Å². The number of carbonyl (C=O) groups excluding carboxylic acids is 2. The van der Waals surface area contributed by atoms with Crippen LogP contribution in [0.1, 0.15) is 36.5 Å². The minimum absolute atomic E-state index is 0.0166. The van der Waals surface area contributed by atoms with Crippen LogP contribution in [0.5, 0.6) is 5.75 Å². The molecule has 0 unspecified atom stereocenters. The van der Waals surface area contributed by atoms with Crippen LogP contribution in [-0.2, 0) is 4.79 Å². The van der Waals surface area contributed by atoms with Gasteiger partial charge in [-0.05, 0) is 38.3 Å². The zero-order valence-electron chi connectivity index (χ0n) is 15.5. The van der Waals surface area contributed by atoms with E-state index in [9.17, 15) is 14.7 Å². The Hall–Kier alpha value is -2.54. The smallest absolute Gasteiger partial charge is 0.255 e. The van der Waals surface area contributed by atoms with E-state index in [2.05, 4.69) is 17.1 Å². The van der Waals surface area contributed by atoms with Gasteiger partial charge in [-0.1, -0.05) is 6.07 Å². The van der Waals surface area contributed by atoms with E-state index in [1.807, 2.05) is 4.90 Å². The second-order valence-electron chi connectivity index (χ2n) is 7.57. The summed E-state index contributed by atoms with van der Waals surface area (Å²) < 4.78 is 5.37. The fraction of sp³-hybridized carbons (Fsp3) is 0.500. The molecule has 2 fully saturated rings. The van der Waals surface area contributed by atoms with Gasteiger partial charge in [0.05, 0.1) is 17.5 Å². The van der Waals surface area contributed by atoms with Gasteiger partial charge >= 0.3 is 0 Å². The number of likely N-dealkylation sites (tertiary alicyclic amines) is 2. The highest BCUT2D eigenvalue weighted by Crippen LogP contribution is 2.29. The summed E-state index contributed by atoms with van der Waals surface area (Å²) in [4.78, 5) is 29.2. The lowest BCUT2D eigenvalue weighted by Crippen LogP contribution is -2.42. The van der Waals surface area contributed by atoms with Crippen molar-refractivity contribution >= 4 is 22.8 Å². The highest BCUT2D eigenvalue weighted by molar-refractivity contribution is 6.08. The van der Waals surface area contributed by atoms with E-state index in [0.717, 1.165) is 32.4 Å². The molecule has 2 aliphatic rings. The molecule has 1 aromatic carbocycles. The standard InChI is InChI=1S/C20H25N3O4/c1-13-4-3-8-23(13)18(25)11-22-9-7-14(10-22)21-20(26)15-12-27-17-6-2-5-16(24)19(15)17/h2,5-6,12-14,24H,3-4,7-11H2,1H3,(H,21,26)/t13-,14+/m1/s1. The molecule has 0 radical (unpaired) electrons. The van der Waals surface area contributed by atoms with Crippen molar-refractivity contribution in [2.75, 3.05) is 26.2 Å². The number of carbonyl (C=O) groups is 2. The number of nitrogens with zero attached hydrogens (tertiary/aromatic N) is 2. The topological polar surface area (TPSA) is 86.0 Å². The summed E-state index contributed by atoms with van der Waals surface area (Å²) in [5.41, 5.74) is 0.821. The third-order valence-electron chi connectivity index (χ3n) is 5.66. The molecule has 0 saturated carbocycles. The minimum atomic E-state index is -0.262. The summed E-state index contributed by atoms with van der Waals surface area (Å²) in [5.74, 6) is -0.0518. The second-order valence-corrected chi connectivity index (χ2v) is 7.57. The van der Waals surface area contributed by atoms with Crippen molar-refractivity contribution in [3.8, 4) is 5.75 Å². The number of rotatable bonds is 4. The predicted molar refractivity (Wildman–Crippen MR) is 101 cm³/mol. The maximum absolute atomic E-state index is 12.6. The first-order chi connectivity index (χ1) is 13.0. The summed E-state index contributed by atoms with van der Waals surface area (Å²) in [7, 11) is 0. The Kier molecular flexibility index (Phi) is 4.78. The van der Waals surface area contributed by atoms with Gasteiger partial charge in [0.15, 0.2) is 0 Å². The van der Waals surface area contributed by atoms with Crippen molar-refractivity contribution < 1.29 is 19.1 Å². The van der Waals surface area contributed by atoms with E-state index in [-0.39, 0.29) is 23.6 Å². The van der Waals surface area contributed by atoms with Crippen LogP contribution in [0.3, 0.4) is 0 Å². The molecular formula is C20H25N3O4. The zero-order valence-corrected chi connectivity index (χ0v) is 15.5. The number of aromatic hydroxyl groups is 1. The van der Waals surface area contributed by atoms with E-state index >= 15 is 0 Å². The maximum atomic E-state index is 12.6. The van der Waals surface area contributed by atoms with Gasteiger partial charge < -0.3 is 19.7 Å². The SMILES string of the molecule is C[C@@H]1CCCN1C(=O)CN1CC[C@H](NC(=O)c2coc3cccc(O)c23)C1. The lowest BCUT2D eigenvalue weighted by molar-refractivity contribution is -0.132. The van der Waals surface area contributed by atoms with Crippen molar-refractivity contribution in [1.29, 1.82) is 0 Å². The van der Waals surface area contributed by atoms with Gasteiger partial charge in [-0.15, -0.1) is 0 Å². The molecule has 2 aliphatic heterocycles. The summed E-state index contributed by atoms with van der Waals surface area (Å²) in [6.45, 7) is 4.80. The summed E-state index contributed by atoms with van der Waals surface area (Å²) in [5, 5.41) is 13.5. The third-order valence-corrected chi connectivity index (χ3v) is 5.66. The average molecular weight is 371 g/mol. The minimum Gasteiger partial charge on any atom is -0.507 e. The molecule has 27 heavy (non-hydrogen) atoms. The molecule has 1 aromatic heterocycles. The highest BCUT2D eigenvalue weighted by atomic mass is 16.3. The Morgan fingerprint density at radius 1 is 1.30 bits per heavy atom. The van der Waals surface area contributed by atoms with Gasteiger partial charge in [-0.25, -0.2) is 0 Å². The third kappa shape index (κ3) is 3.51. The van der Waals surface area contributed by atoms with Crippen molar-refractivity contribution in [2.45, 2.75) is 38.3 Å². The van der Waals surface area contributed by atoms with E-state index < -0.39 is 0 Å². The van der Waals surface area contributed by atoms with Crippen LogP contribution in [0.4, 0.5) is 0 Å². The Morgan fingerprint density at radius 2 is 2.15 bits per heavy atom. The van der Waals surface area contributed by atoms with Crippen LogP contribution >= 0.6 is 0 Å². The number of amides is 2. The molecule has 144 valence electrons. The van der Waals surface area contributed by atoms with Crippen LogP contribution in [0.2, 0.25) is 0 Å². The van der Waals surface area contributed by atoms with Gasteiger partial charge in [-0.3, -0.25) is 14.5 Å². The van der Waals surface area contributed by atoms with E-state index in [0.29, 0.717) is 35.7 Å². The Labute approximate surface area is 157 Å². The van der Waals surface area contributed by atoms with Gasteiger partial charge in [0.25, 0.3) is 5.91 Å².